The SMILES string of the molecule is CC1(C)OC(=O)C(=CNc2c(Cl)cc(Br)c(Cl)c2Br)C(=O)O1. The van der Waals surface area contributed by atoms with Crippen LogP contribution in [0.15, 0.2) is 26.8 Å². The van der Waals surface area contributed by atoms with E-state index < -0.39 is 17.7 Å². The van der Waals surface area contributed by atoms with Crippen LogP contribution in [0.2, 0.25) is 10.0 Å². The van der Waals surface area contributed by atoms with E-state index in [1.54, 1.807) is 6.07 Å². The lowest BCUT2D eigenvalue weighted by molar-refractivity contribution is -0.222. The number of hydrogen-bond donors (Lipinski definition) is 1. The zero-order valence-corrected chi connectivity index (χ0v) is 16.0. The third kappa shape index (κ3) is 3.59. The Bertz CT molecular complexity index is 682. The van der Waals surface area contributed by atoms with Gasteiger partial charge in [-0.15, -0.1) is 0 Å². The Morgan fingerprint density at radius 1 is 1.18 bits per heavy atom. The first-order valence-corrected chi connectivity index (χ1v) is 8.23. The average Bonchev–Trinajstić information content (AvgIpc) is 2.37. The van der Waals surface area contributed by atoms with E-state index in [-0.39, 0.29) is 5.57 Å². The van der Waals surface area contributed by atoms with Gasteiger partial charge in [0, 0.05) is 24.5 Å². The van der Waals surface area contributed by atoms with Gasteiger partial charge in [0.05, 0.1) is 20.2 Å². The first-order valence-electron chi connectivity index (χ1n) is 5.89. The van der Waals surface area contributed by atoms with Crippen molar-refractivity contribution in [1.82, 2.24) is 0 Å². The summed E-state index contributed by atoms with van der Waals surface area (Å²) in [5, 5.41) is 3.48. The maximum absolute atomic E-state index is 11.8. The summed E-state index contributed by atoms with van der Waals surface area (Å²) < 4.78 is 11.0. The first-order chi connectivity index (χ1) is 10.1. The second kappa shape index (κ2) is 6.39. The van der Waals surface area contributed by atoms with Crippen LogP contribution in [-0.2, 0) is 19.1 Å². The molecule has 0 spiro atoms. The fraction of sp³-hybridized carbons (Fsp3) is 0.231. The predicted molar refractivity (Wildman–Crippen MR) is 89.8 cm³/mol. The van der Waals surface area contributed by atoms with Crippen molar-refractivity contribution in [2.24, 2.45) is 0 Å². The van der Waals surface area contributed by atoms with Crippen molar-refractivity contribution in [3.05, 3.63) is 36.8 Å². The van der Waals surface area contributed by atoms with Crippen molar-refractivity contribution in [2.45, 2.75) is 19.6 Å². The van der Waals surface area contributed by atoms with E-state index in [9.17, 15) is 9.59 Å². The van der Waals surface area contributed by atoms with Crippen molar-refractivity contribution in [1.29, 1.82) is 0 Å². The molecule has 5 nitrogen and oxygen atoms in total. The molecular formula is C13H9Br2Cl2NO4. The number of benzene rings is 1. The molecule has 1 fully saturated rings. The highest BCUT2D eigenvalue weighted by Gasteiger charge is 2.39. The molecular weight excluding hydrogens is 465 g/mol. The number of esters is 2. The molecule has 1 saturated heterocycles. The third-order valence-electron chi connectivity index (χ3n) is 2.59. The third-order valence-corrected chi connectivity index (χ3v) is 5.16. The fourth-order valence-corrected chi connectivity index (χ4v) is 3.51. The van der Waals surface area contributed by atoms with Crippen LogP contribution in [0.1, 0.15) is 13.8 Å². The van der Waals surface area contributed by atoms with Crippen LogP contribution in [0, 0.1) is 0 Å². The largest absolute Gasteiger partial charge is 0.419 e. The molecule has 1 heterocycles. The summed E-state index contributed by atoms with van der Waals surface area (Å²) in [5.41, 5.74) is 0.120. The first kappa shape index (κ1) is 17.6. The normalized spacial score (nSPS) is 16.9. The number of nitrogens with one attached hydrogen (secondary N) is 1. The lowest BCUT2D eigenvalue weighted by Gasteiger charge is -2.29. The highest BCUT2D eigenvalue weighted by Crippen LogP contribution is 2.41. The Kier molecular flexibility index (Phi) is 5.11. The van der Waals surface area contributed by atoms with Gasteiger partial charge in [-0.2, -0.15) is 0 Å². The summed E-state index contributed by atoms with van der Waals surface area (Å²) in [5.74, 6) is -2.86. The number of halogens is 4. The Morgan fingerprint density at radius 3 is 2.27 bits per heavy atom. The summed E-state index contributed by atoms with van der Waals surface area (Å²) in [4.78, 5) is 23.6. The van der Waals surface area contributed by atoms with Crippen molar-refractivity contribution in [3.63, 3.8) is 0 Å². The summed E-state index contributed by atoms with van der Waals surface area (Å²) in [6.07, 6.45) is 1.16. The molecule has 0 atom stereocenters. The summed E-state index contributed by atoms with van der Waals surface area (Å²) >= 11 is 18.7. The molecule has 0 aromatic heterocycles. The number of anilines is 1. The summed E-state index contributed by atoms with van der Waals surface area (Å²) in [7, 11) is 0. The van der Waals surface area contributed by atoms with Crippen molar-refractivity contribution < 1.29 is 19.1 Å². The zero-order chi connectivity index (χ0) is 16.7. The average molecular weight is 474 g/mol. The maximum atomic E-state index is 11.8. The minimum Gasteiger partial charge on any atom is -0.419 e. The van der Waals surface area contributed by atoms with Gasteiger partial charge in [-0.05, 0) is 37.9 Å². The molecule has 0 radical (unpaired) electrons. The van der Waals surface area contributed by atoms with Crippen LogP contribution in [0.3, 0.4) is 0 Å². The van der Waals surface area contributed by atoms with Gasteiger partial charge in [0.15, 0.2) is 5.57 Å². The van der Waals surface area contributed by atoms with Gasteiger partial charge in [-0.25, -0.2) is 9.59 Å². The molecule has 1 aliphatic rings. The van der Waals surface area contributed by atoms with Gasteiger partial charge in [-0.3, -0.25) is 0 Å². The van der Waals surface area contributed by atoms with Crippen LogP contribution >= 0.6 is 55.1 Å². The van der Waals surface area contributed by atoms with Crippen LogP contribution in [0.25, 0.3) is 0 Å². The molecule has 2 rings (SSSR count). The molecule has 1 aromatic rings. The quantitative estimate of drug-likeness (QED) is 0.223. The van der Waals surface area contributed by atoms with E-state index in [1.807, 2.05) is 0 Å². The standard InChI is InChI=1S/C13H9Br2Cl2NO4/c1-13(2)21-11(19)5(12(20)22-13)4-18-10-7(16)3-6(14)9(17)8(10)15/h3-4,18H,1-2H3. The molecule has 1 aliphatic heterocycles. The number of rotatable bonds is 2. The van der Waals surface area contributed by atoms with E-state index in [0.717, 1.165) is 6.20 Å². The molecule has 0 saturated carbocycles. The van der Waals surface area contributed by atoms with Crippen LogP contribution in [-0.4, -0.2) is 17.7 Å². The molecule has 1 aromatic carbocycles. The number of hydrogen-bond acceptors (Lipinski definition) is 5. The molecule has 0 aliphatic carbocycles. The van der Waals surface area contributed by atoms with E-state index >= 15 is 0 Å². The van der Waals surface area contributed by atoms with Crippen LogP contribution in [0.4, 0.5) is 5.69 Å². The Morgan fingerprint density at radius 2 is 1.73 bits per heavy atom. The molecule has 9 heteroatoms. The van der Waals surface area contributed by atoms with E-state index in [2.05, 4.69) is 37.2 Å². The molecule has 0 amide bonds. The lowest BCUT2D eigenvalue weighted by atomic mass is 10.2. The van der Waals surface area contributed by atoms with Crippen LogP contribution in [0.5, 0.6) is 0 Å². The monoisotopic (exact) mass is 471 g/mol. The second-order valence-electron chi connectivity index (χ2n) is 4.72. The minimum atomic E-state index is -1.29. The fourth-order valence-electron chi connectivity index (χ4n) is 1.62. The molecule has 0 bridgehead atoms. The Hall–Kier alpha value is -0.760. The van der Waals surface area contributed by atoms with Crippen molar-refractivity contribution in [2.75, 3.05) is 5.32 Å². The number of cyclic esters (lactones) is 2. The molecule has 1 N–H and O–H groups in total. The van der Waals surface area contributed by atoms with Gasteiger partial charge in [0.25, 0.3) is 5.79 Å². The van der Waals surface area contributed by atoms with E-state index in [0.29, 0.717) is 24.7 Å². The molecule has 0 unspecified atom stereocenters. The lowest BCUT2D eigenvalue weighted by Crippen LogP contribution is -2.42. The van der Waals surface area contributed by atoms with E-state index in [1.165, 1.54) is 13.8 Å². The second-order valence-corrected chi connectivity index (χ2v) is 7.16. The number of carbonyl (C=O) groups is 2. The van der Waals surface area contributed by atoms with E-state index in [4.69, 9.17) is 32.7 Å². The molecule has 118 valence electrons. The van der Waals surface area contributed by atoms with Crippen LogP contribution < -0.4 is 5.32 Å². The smallest absolute Gasteiger partial charge is 0.350 e. The van der Waals surface area contributed by atoms with Gasteiger partial charge in [0.1, 0.15) is 0 Å². The van der Waals surface area contributed by atoms with Crippen molar-refractivity contribution in [3.8, 4) is 0 Å². The summed E-state index contributed by atoms with van der Waals surface area (Å²) in [6.45, 7) is 2.93. The minimum absolute atomic E-state index is 0.277. The van der Waals surface area contributed by atoms with Gasteiger partial charge in [0.2, 0.25) is 0 Å². The Labute approximate surface area is 153 Å². The predicted octanol–water partition coefficient (Wildman–Crippen LogP) is 4.65. The topological polar surface area (TPSA) is 64.6 Å². The highest BCUT2D eigenvalue weighted by atomic mass is 79.9. The van der Waals surface area contributed by atoms with Gasteiger partial charge >= 0.3 is 11.9 Å². The maximum Gasteiger partial charge on any atom is 0.350 e. The number of ether oxygens (including phenoxy) is 2. The van der Waals surface area contributed by atoms with Gasteiger partial charge in [-0.1, -0.05) is 23.2 Å². The van der Waals surface area contributed by atoms with Gasteiger partial charge < -0.3 is 14.8 Å². The summed E-state index contributed by atoms with van der Waals surface area (Å²) in [6, 6.07) is 1.58. The number of carbonyl (C=O) groups excluding carboxylic acids is 2. The Balaban J connectivity index is 2.32. The zero-order valence-electron chi connectivity index (χ0n) is 11.3. The molecule has 22 heavy (non-hydrogen) atoms. The highest BCUT2D eigenvalue weighted by molar-refractivity contribution is 9.11. The van der Waals surface area contributed by atoms with Crippen molar-refractivity contribution >= 4 is 72.7 Å².